The van der Waals surface area contributed by atoms with Crippen LogP contribution in [0.4, 0.5) is 0 Å². The fourth-order valence-corrected chi connectivity index (χ4v) is 2.58. The third-order valence-electron chi connectivity index (χ3n) is 3.41. The van der Waals surface area contributed by atoms with Gasteiger partial charge in [0.15, 0.2) is 0 Å². The number of carbonyl (C=O) groups is 2. The lowest BCUT2D eigenvalue weighted by Gasteiger charge is -2.25. The van der Waals surface area contributed by atoms with E-state index in [-0.39, 0.29) is 18.3 Å². The molecule has 1 aliphatic heterocycles. The molecule has 3 nitrogen and oxygen atoms in total. The number of carbonyl (C=O) groups excluding carboxylic acids is 2. The lowest BCUT2D eigenvalue weighted by atomic mass is 9.86. The van der Waals surface area contributed by atoms with Crippen molar-refractivity contribution in [3.63, 3.8) is 0 Å². The van der Waals surface area contributed by atoms with E-state index in [1.54, 1.807) is 18.2 Å². The summed E-state index contributed by atoms with van der Waals surface area (Å²) in [7, 11) is 0. The summed E-state index contributed by atoms with van der Waals surface area (Å²) >= 11 is 5.52. The zero-order valence-electron chi connectivity index (χ0n) is 10.5. The van der Waals surface area contributed by atoms with Gasteiger partial charge in [0.1, 0.15) is 5.75 Å². The van der Waals surface area contributed by atoms with Gasteiger partial charge >= 0.3 is 5.97 Å². The highest BCUT2D eigenvalue weighted by atomic mass is 35.5. The van der Waals surface area contributed by atoms with Crippen molar-refractivity contribution in [2.24, 2.45) is 0 Å². The van der Waals surface area contributed by atoms with Crippen LogP contribution in [-0.2, 0) is 4.79 Å². The van der Waals surface area contributed by atoms with Crippen molar-refractivity contribution in [2.75, 3.05) is 0 Å². The molecule has 4 heteroatoms. The van der Waals surface area contributed by atoms with E-state index in [2.05, 4.69) is 0 Å². The first kappa shape index (κ1) is 12.9. The summed E-state index contributed by atoms with van der Waals surface area (Å²) in [5.74, 6) is 0.122. The van der Waals surface area contributed by atoms with Gasteiger partial charge in [-0.05, 0) is 35.4 Å². The Morgan fingerprint density at radius 2 is 1.90 bits per heavy atom. The normalized spacial score (nSPS) is 17.2. The van der Waals surface area contributed by atoms with E-state index in [0.717, 1.165) is 11.1 Å². The van der Waals surface area contributed by atoms with Crippen LogP contribution < -0.4 is 4.74 Å². The van der Waals surface area contributed by atoms with Crippen molar-refractivity contribution >= 4 is 22.8 Å². The lowest BCUT2D eigenvalue weighted by Crippen LogP contribution is -2.21. The molecule has 0 unspecified atom stereocenters. The number of esters is 1. The molecule has 0 fully saturated rings. The van der Waals surface area contributed by atoms with Crippen LogP contribution >= 0.6 is 11.6 Å². The number of benzene rings is 2. The minimum Gasteiger partial charge on any atom is -0.426 e. The molecule has 2 aromatic rings. The van der Waals surface area contributed by atoms with Crippen LogP contribution in [0.2, 0.25) is 0 Å². The van der Waals surface area contributed by atoms with Crippen LogP contribution in [-0.4, -0.2) is 11.2 Å². The van der Waals surface area contributed by atoms with Gasteiger partial charge in [0, 0.05) is 17.0 Å². The standard InChI is InChI=1S/C16H11ClO3/c17-16(19)11-6-7-14-13(8-11)12(9-15(18)20-14)10-4-2-1-3-5-10/h1-8,12H,9H2/t12-/m1/s1. The van der Waals surface area contributed by atoms with E-state index in [1.807, 2.05) is 30.3 Å². The Labute approximate surface area is 121 Å². The van der Waals surface area contributed by atoms with Gasteiger partial charge in [0.25, 0.3) is 5.24 Å². The molecule has 0 saturated carbocycles. The van der Waals surface area contributed by atoms with Crippen LogP contribution in [0.15, 0.2) is 48.5 Å². The fourth-order valence-electron chi connectivity index (χ4n) is 2.46. The third kappa shape index (κ3) is 2.32. The van der Waals surface area contributed by atoms with Gasteiger partial charge < -0.3 is 4.74 Å². The number of hydrogen-bond acceptors (Lipinski definition) is 3. The van der Waals surface area contributed by atoms with Crippen molar-refractivity contribution in [3.8, 4) is 5.75 Å². The smallest absolute Gasteiger partial charge is 0.312 e. The molecular formula is C16H11ClO3. The van der Waals surface area contributed by atoms with Gasteiger partial charge in [-0.2, -0.15) is 0 Å². The molecule has 0 aliphatic carbocycles. The van der Waals surface area contributed by atoms with Crippen LogP contribution in [0.1, 0.15) is 33.8 Å². The van der Waals surface area contributed by atoms with Crippen LogP contribution in [0.5, 0.6) is 5.75 Å². The zero-order valence-corrected chi connectivity index (χ0v) is 11.3. The monoisotopic (exact) mass is 286 g/mol. The van der Waals surface area contributed by atoms with Crippen molar-refractivity contribution in [3.05, 3.63) is 65.2 Å². The van der Waals surface area contributed by atoms with Crippen molar-refractivity contribution in [2.45, 2.75) is 12.3 Å². The highest BCUT2D eigenvalue weighted by Crippen LogP contribution is 2.39. The first-order valence-electron chi connectivity index (χ1n) is 6.24. The van der Waals surface area contributed by atoms with E-state index < -0.39 is 5.24 Å². The summed E-state index contributed by atoms with van der Waals surface area (Å²) in [5.41, 5.74) is 2.25. The average molecular weight is 287 g/mol. The minimum atomic E-state index is -0.517. The number of rotatable bonds is 2. The topological polar surface area (TPSA) is 43.4 Å². The molecule has 0 saturated heterocycles. The number of halogens is 1. The molecule has 0 amide bonds. The summed E-state index contributed by atoms with van der Waals surface area (Å²) in [5, 5.41) is -0.517. The van der Waals surface area contributed by atoms with E-state index in [4.69, 9.17) is 16.3 Å². The number of fused-ring (bicyclic) bond motifs is 1. The van der Waals surface area contributed by atoms with Gasteiger partial charge in [-0.15, -0.1) is 0 Å². The Morgan fingerprint density at radius 3 is 2.60 bits per heavy atom. The number of ether oxygens (including phenoxy) is 1. The molecule has 1 atom stereocenters. The molecule has 2 aromatic carbocycles. The fraction of sp³-hybridized carbons (Fsp3) is 0.125. The second kappa shape index (κ2) is 5.10. The van der Waals surface area contributed by atoms with Crippen LogP contribution in [0.25, 0.3) is 0 Å². The molecular weight excluding hydrogens is 276 g/mol. The van der Waals surface area contributed by atoms with E-state index in [0.29, 0.717) is 11.3 Å². The van der Waals surface area contributed by atoms with E-state index >= 15 is 0 Å². The van der Waals surface area contributed by atoms with Crippen LogP contribution in [0.3, 0.4) is 0 Å². The van der Waals surface area contributed by atoms with Crippen molar-refractivity contribution in [1.29, 1.82) is 0 Å². The average Bonchev–Trinajstić information content (AvgIpc) is 2.46. The molecule has 1 heterocycles. The van der Waals surface area contributed by atoms with E-state index in [1.165, 1.54) is 0 Å². The Kier molecular flexibility index (Phi) is 3.28. The molecule has 0 aromatic heterocycles. The highest BCUT2D eigenvalue weighted by Gasteiger charge is 2.28. The molecule has 20 heavy (non-hydrogen) atoms. The highest BCUT2D eigenvalue weighted by molar-refractivity contribution is 6.67. The summed E-state index contributed by atoms with van der Waals surface area (Å²) in [6.07, 6.45) is 0.261. The summed E-state index contributed by atoms with van der Waals surface area (Å²) in [4.78, 5) is 23.0. The Balaban J connectivity index is 2.12. The molecule has 0 spiro atoms. The number of hydrogen-bond donors (Lipinski definition) is 0. The van der Waals surface area contributed by atoms with Crippen molar-refractivity contribution in [1.82, 2.24) is 0 Å². The SMILES string of the molecule is O=C1C[C@H](c2ccccc2)c2cc(C(=O)Cl)ccc2O1. The lowest BCUT2D eigenvalue weighted by molar-refractivity contribution is -0.135. The van der Waals surface area contributed by atoms with Gasteiger partial charge in [0.2, 0.25) is 0 Å². The maximum atomic E-state index is 11.7. The van der Waals surface area contributed by atoms with E-state index in [9.17, 15) is 9.59 Å². The largest absolute Gasteiger partial charge is 0.426 e. The Morgan fingerprint density at radius 1 is 1.15 bits per heavy atom. The summed E-state index contributed by atoms with van der Waals surface area (Å²) in [6, 6.07) is 14.6. The molecule has 0 bridgehead atoms. The predicted molar refractivity (Wildman–Crippen MR) is 75.2 cm³/mol. The summed E-state index contributed by atoms with van der Waals surface area (Å²) < 4.78 is 5.22. The maximum Gasteiger partial charge on any atom is 0.312 e. The van der Waals surface area contributed by atoms with Gasteiger partial charge in [0.05, 0.1) is 6.42 Å². The second-order valence-corrected chi connectivity index (χ2v) is 5.01. The molecule has 3 rings (SSSR count). The Hall–Kier alpha value is -2.13. The second-order valence-electron chi connectivity index (χ2n) is 4.67. The van der Waals surface area contributed by atoms with Gasteiger partial charge in [-0.1, -0.05) is 30.3 Å². The first-order chi connectivity index (χ1) is 9.65. The molecule has 1 aliphatic rings. The summed E-state index contributed by atoms with van der Waals surface area (Å²) in [6.45, 7) is 0. The predicted octanol–water partition coefficient (Wildman–Crippen LogP) is 3.51. The minimum absolute atomic E-state index is 0.108. The van der Waals surface area contributed by atoms with Crippen LogP contribution in [0, 0.1) is 0 Å². The zero-order chi connectivity index (χ0) is 14.1. The molecule has 100 valence electrons. The van der Waals surface area contributed by atoms with Crippen molar-refractivity contribution < 1.29 is 14.3 Å². The quantitative estimate of drug-likeness (QED) is 0.482. The van der Waals surface area contributed by atoms with Gasteiger partial charge in [-0.25, -0.2) is 0 Å². The Bertz CT molecular complexity index is 679. The first-order valence-corrected chi connectivity index (χ1v) is 6.62. The molecule has 0 N–H and O–H groups in total. The third-order valence-corrected chi connectivity index (χ3v) is 3.63. The maximum absolute atomic E-state index is 11.7. The van der Waals surface area contributed by atoms with Gasteiger partial charge in [-0.3, -0.25) is 9.59 Å². The molecule has 0 radical (unpaired) electrons.